The molecule has 1 aliphatic rings. The van der Waals surface area contributed by atoms with Crippen LogP contribution in [0, 0.1) is 0 Å². The number of aliphatic hydroxyl groups is 1. The van der Waals surface area contributed by atoms with Crippen molar-refractivity contribution in [1.82, 2.24) is 19.9 Å². The fraction of sp³-hybridized carbons (Fsp3) is 0.471. The van der Waals surface area contributed by atoms with E-state index >= 15 is 0 Å². The molecule has 0 spiro atoms. The van der Waals surface area contributed by atoms with E-state index in [9.17, 15) is 9.90 Å². The van der Waals surface area contributed by atoms with Crippen molar-refractivity contribution in [3.8, 4) is 0 Å². The minimum absolute atomic E-state index is 0.0221. The van der Waals surface area contributed by atoms with Gasteiger partial charge in [0.2, 0.25) is 5.91 Å². The van der Waals surface area contributed by atoms with E-state index in [-0.39, 0.29) is 12.5 Å². The molecule has 24 heavy (non-hydrogen) atoms. The highest BCUT2D eigenvalue weighted by molar-refractivity contribution is 5.77. The van der Waals surface area contributed by atoms with Crippen molar-refractivity contribution in [2.45, 2.75) is 31.6 Å². The number of carbonyl (C=O) groups is 1. The van der Waals surface area contributed by atoms with E-state index in [4.69, 9.17) is 4.74 Å². The van der Waals surface area contributed by atoms with E-state index in [2.05, 4.69) is 10.3 Å². The van der Waals surface area contributed by atoms with Crippen molar-refractivity contribution < 1.29 is 14.6 Å². The zero-order valence-electron chi connectivity index (χ0n) is 13.5. The zero-order valence-corrected chi connectivity index (χ0v) is 13.5. The Labute approximate surface area is 140 Å². The molecule has 7 heteroatoms. The van der Waals surface area contributed by atoms with Crippen LogP contribution in [0.25, 0.3) is 0 Å². The molecule has 1 aliphatic heterocycles. The molecule has 1 aromatic heterocycles. The van der Waals surface area contributed by atoms with Gasteiger partial charge in [0.25, 0.3) is 0 Å². The second kappa shape index (κ2) is 7.55. The smallest absolute Gasteiger partial charge is 0.248 e. The Bertz CT molecular complexity index is 647. The first-order valence-corrected chi connectivity index (χ1v) is 8.11. The molecule has 2 aromatic rings. The first-order valence-electron chi connectivity index (χ1n) is 8.11. The van der Waals surface area contributed by atoms with Crippen molar-refractivity contribution >= 4 is 5.91 Å². The minimum Gasteiger partial charge on any atom is -0.386 e. The monoisotopic (exact) mass is 330 g/mol. The third-order valence-corrected chi connectivity index (χ3v) is 4.17. The van der Waals surface area contributed by atoms with Crippen LogP contribution in [0.3, 0.4) is 0 Å². The number of ether oxygens (including phenoxy) is 1. The first kappa shape index (κ1) is 16.6. The fourth-order valence-electron chi connectivity index (χ4n) is 2.99. The van der Waals surface area contributed by atoms with Crippen molar-refractivity contribution in [3.63, 3.8) is 0 Å². The van der Waals surface area contributed by atoms with Gasteiger partial charge in [0, 0.05) is 12.7 Å². The summed E-state index contributed by atoms with van der Waals surface area (Å²) in [4.78, 5) is 14.0. The van der Waals surface area contributed by atoms with Crippen LogP contribution in [0.1, 0.15) is 18.4 Å². The standard InChI is InChI=1S/C17H22N4O3/c22-16(12-24-11-15-5-2-1-3-6-15)20-9-4-7-17(23,13-20)14-21-10-8-18-19-21/h1-3,5-6,8,10,23H,4,7,9,11-14H2. The van der Waals surface area contributed by atoms with Crippen LogP contribution in [0.15, 0.2) is 42.7 Å². The number of rotatable bonds is 6. The molecule has 1 amide bonds. The van der Waals surface area contributed by atoms with Gasteiger partial charge < -0.3 is 14.7 Å². The first-order chi connectivity index (χ1) is 11.6. The molecule has 0 aliphatic carbocycles. The second-order valence-corrected chi connectivity index (χ2v) is 6.22. The second-order valence-electron chi connectivity index (χ2n) is 6.22. The number of amides is 1. The summed E-state index contributed by atoms with van der Waals surface area (Å²) in [5.74, 6) is -0.0948. The Morgan fingerprint density at radius 3 is 2.92 bits per heavy atom. The molecule has 1 aromatic carbocycles. The molecule has 2 heterocycles. The van der Waals surface area contributed by atoms with Crippen LogP contribution in [0.4, 0.5) is 0 Å². The van der Waals surface area contributed by atoms with Crippen LogP contribution < -0.4 is 0 Å². The number of likely N-dealkylation sites (tertiary alicyclic amines) is 1. The van der Waals surface area contributed by atoms with Crippen LogP contribution in [0.5, 0.6) is 0 Å². The van der Waals surface area contributed by atoms with E-state index < -0.39 is 5.60 Å². The van der Waals surface area contributed by atoms with Gasteiger partial charge in [-0.3, -0.25) is 4.79 Å². The van der Waals surface area contributed by atoms with Crippen LogP contribution in [0.2, 0.25) is 0 Å². The van der Waals surface area contributed by atoms with Crippen molar-refractivity contribution in [2.24, 2.45) is 0 Å². The molecule has 1 saturated heterocycles. The highest BCUT2D eigenvalue weighted by Crippen LogP contribution is 2.23. The van der Waals surface area contributed by atoms with Crippen LogP contribution in [-0.4, -0.2) is 56.2 Å². The molecule has 128 valence electrons. The molecule has 0 bridgehead atoms. The van der Waals surface area contributed by atoms with E-state index in [1.54, 1.807) is 22.0 Å². The third kappa shape index (κ3) is 4.39. The van der Waals surface area contributed by atoms with Crippen LogP contribution in [-0.2, 0) is 22.7 Å². The van der Waals surface area contributed by atoms with Crippen molar-refractivity contribution in [3.05, 3.63) is 48.3 Å². The van der Waals surface area contributed by atoms with E-state index in [1.807, 2.05) is 30.3 Å². The highest BCUT2D eigenvalue weighted by atomic mass is 16.5. The molecule has 3 rings (SSSR count). The van der Waals surface area contributed by atoms with Gasteiger partial charge in [-0.15, -0.1) is 5.10 Å². The molecule has 1 fully saturated rings. The van der Waals surface area contributed by atoms with Gasteiger partial charge >= 0.3 is 0 Å². The fourth-order valence-corrected chi connectivity index (χ4v) is 2.99. The quantitative estimate of drug-likeness (QED) is 0.849. The van der Waals surface area contributed by atoms with Crippen LogP contribution >= 0.6 is 0 Å². The van der Waals surface area contributed by atoms with Gasteiger partial charge in [-0.1, -0.05) is 35.5 Å². The normalized spacial score (nSPS) is 21.0. The van der Waals surface area contributed by atoms with Gasteiger partial charge in [-0.05, 0) is 18.4 Å². The summed E-state index contributed by atoms with van der Waals surface area (Å²) < 4.78 is 7.11. The summed E-state index contributed by atoms with van der Waals surface area (Å²) >= 11 is 0. The molecule has 0 saturated carbocycles. The lowest BCUT2D eigenvalue weighted by molar-refractivity contribution is -0.144. The summed E-state index contributed by atoms with van der Waals surface area (Å²) in [7, 11) is 0. The highest BCUT2D eigenvalue weighted by Gasteiger charge is 2.35. The van der Waals surface area contributed by atoms with Gasteiger partial charge in [0.1, 0.15) is 12.2 Å². The molecule has 0 radical (unpaired) electrons. The number of piperidine rings is 1. The maximum Gasteiger partial charge on any atom is 0.248 e. The molecule has 7 nitrogen and oxygen atoms in total. The van der Waals surface area contributed by atoms with Gasteiger partial charge in [0.15, 0.2) is 0 Å². The minimum atomic E-state index is -0.971. The Kier molecular flexibility index (Phi) is 5.22. The summed E-state index contributed by atoms with van der Waals surface area (Å²) in [5, 5.41) is 18.4. The Hall–Kier alpha value is -2.25. The molecule has 1 atom stereocenters. The maximum absolute atomic E-state index is 12.3. The van der Waals surface area contributed by atoms with E-state index in [0.29, 0.717) is 32.7 Å². The number of hydrogen-bond acceptors (Lipinski definition) is 5. The summed E-state index contributed by atoms with van der Waals surface area (Å²) in [6, 6.07) is 9.74. The molecular formula is C17H22N4O3. The summed E-state index contributed by atoms with van der Waals surface area (Å²) in [6.45, 7) is 1.70. The lowest BCUT2D eigenvalue weighted by atomic mass is 9.93. The predicted octanol–water partition coefficient (Wildman–Crippen LogP) is 0.848. The number of β-amino-alcohol motifs (C(OH)–C–C–N with tert-alkyl or cyclic N) is 1. The van der Waals surface area contributed by atoms with Gasteiger partial charge in [-0.25, -0.2) is 4.68 Å². The lowest BCUT2D eigenvalue weighted by Gasteiger charge is -2.39. The predicted molar refractivity (Wildman–Crippen MR) is 86.9 cm³/mol. The van der Waals surface area contributed by atoms with Crippen molar-refractivity contribution in [1.29, 1.82) is 0 Å². The van der Waals surface area contributed by atoms with E-state index in [0.717, 1.165) is 12.0 Å². The SMILES string of the molecule is O=C(COCc1ccccc1)N1CCCC(O)(Cn2ccnn2)C1. The number of benzene rings is 1. The summed E-state index contributed by atoms with van der Waals surface area (Å²) in [6.07, 6.45) is 4.69. The molecular weight excluding hydrogens is 308 g/mol. The Balaban J connectivity index is 1.49. The zero-order chi connectivity index (χ0) is 16.8. The topological polar surface area (TPSA) is 80.5 Å². The number of hydrogen-bond donors (Lipinski definition) is 1. The van der Waals surface area contributed by atoms with Crippen molar-refractivity contribution in [2.75, 3.05) is 19.7 Å². The lowest BCUT2D eigenvalue weighted by Crippen LogP contribution is -2.53. The Morgan fingerprint density at radius 2 is 2.17 bits per heavy atom. The number of nitrogens with zero attached hydrogens (tertiary/aromatic N) is 4. The molecule has 1 unspecified atom stereocenters. The summed E-state index contributed by atoms with van der Waals surface area (Å²) in [5.41, 5.74) is 0.0627. The maximum atomic E-state index is 12.3. The average Bonchev–Trinajstić information content (AvgIpc) is 3.08. The Morgan fingerprint density at radius 1 is 1.33 bits per heavy atom. The van der Waals surface area contributed by atoms with E-state index in [1.165, 1.54) is 0 Å². The third-order valence-electron chi connectivity index (χ3n) is 4.17. The van der Waals surface area contributed by atoms with Gasteiger partial charge in [0.05, 0.1) is 25.9 Å². The largest absolute Gasteiger partial charge is 0.386 e. The number of aromatic nitrogens is 3. The van der Waals surface area contributed by atoms with Gasteiger partial charge in [-0.2, -0.15) is 0 Å². The average molecular weight is 330 g/mol. The molecule has 1 N–H and O–H groups in total. The number of carbonyl (C=O) groups excluding carboxylic acids is 1.